The second kappa shape index (κ2) is 12.2. The van der Waals surface area contributed by atoms with Gasteiger partial charge in [0.2, 0.25) is 5.41 Å². The van der Waals surface area contributed by atoms with Gasteiger partial charge in [-0.25, -0.2) is 0 Å². The highest BCUT2D eigenvalue weighted by molar-refractivity contribution is 6.26. The Morgan fingerprint density at radius 1 is 0.829 bits per heavy atom. The highest BCUT2D eigenvalue weighted by Gasteiger charge is 2.58. The molecule has 190 valence electrons. The molecule has 0 spiro atoms. The molecule has 0 aliphatic carbocycles. The van der Waals surface area contributed by atoms with E-state index in [1.807, 2.05) is 0 Å². The van der Waals surface area contributed by atoms with Gasteiger partial charge in [-0.3, -0.25) is 33.7 Å². The van der Waals surface area contributed by atoms with E-state index < -0.39 is 47.0 Å². The van der Waals surface area contributed by atoms with Gasteiger partial charge in [0.15, 0.2) is 5.78 Å². The molecule has 2 rings (SSSR count). The molecular formula is C25H31NO9. The van der Waals surface area contributed by atoms with Gasteiger partial charge in [0, 0.05) is 6.42 Å². The molecule has 0 unspecified atom stereocenters. The van der Waals surface area contributed by atoms with Crippen LogP contribution >= 0.6 is 0 Å². The summed E-state index contributed by atoms with van der Waals surface area (Å²) in [6.07, 6.45) is 0.0409. The second-order valence-corrected chi connectivity index (χ2v) is 7.92. The maximum absolute atomic E-state index is 13.8. The van der Waals surface area contributed by atoms with Gasteiger partial charge in [-0.1, -0.05) is 18.6 Å². The molecule has 10 nitrogen and oxygen atoms in total. The van der Waals surface area contributed by atoms with Crippen molar-refractivity contribution in [2.45, 2.75) is 59.4 Å². The van der Waals surface area contributed by atoms with Crippen molar-refractivity contribution in [3.8, 4) is 0 Å². The Labute approximate surface area is 203 Å². The van der Waals surface area contributed by atoms with Crippen LogP contribution < -0.4 is 0 Å². The highest BCUT2D eigenvalue weighted by Crippen LogP contribution is 2.35. The normalized spacial score (nSPS) is 13.8. The third kappa shape index (κ3) is 5.58. The third-order valence-electron chi connectivity index (χ3n) is 5.75. The lowest BCUT2D eigenvalue weighted by atomic mass is 9.75. The van der Waals surface area contributed by atoms with Crippen molar-refractivity contribution in [1.82, 2.24) is 4.90 Å². The number of ketones is 1. The predicted molar refractivity (Wildman–Crippen MR) is 122 cm³/mol. The van der Waals surface area contributed by atoms with E-state index >= 15 is 0 Å². The Morgan fingerprint density at radius 3 is 1.77 bits per heavy atom. The monoisotopic (exact) mass is 489 g/mol. The summed E-state index contributed by atoms with van der Waals surface area (Å²) in [6, 6.07) is 4.65. The number of ether oxygens (including phenoxy) is 3. The summed E-state index contributed by atoms with van der Waals surface area (Å²) in [5.41, 5.74) is -2.15. The molecule has 2 amide bonds. The number of hydrogen-bond donors (Lipinski definition) is 0. The summed E-state index contributed by atoms with van der Waals surface area (Å²) in [4.78, 5) is 78.4. The summed E-state index contributed by atoms with van der Waals surface area (Å²) < 4.78 is 15.1. The standard InChI is InChI=1S/C25H31NO9/c1-5-33-19(27)14-10-11-15-25(23(31)34-6-2,24(32)35-7-3)20(28)16(4)26-21(29)17-12-8-9-13-18(17)22(26)30/h8-9,12-13,16H,5-7,10-11,14-15H2,1-4H3/t16-/m0/s1. The van der Waals surface area contributed by atoms with E-state index in [0.717, 1.165) is 4.90 Å². The third-order valence-corrected chi connectivity index (χ3v) is 5.75. The number of fused-ring (bicyclic) bond motifs is 1. The van der Waals surface area contributed by atoms with Crippen LogP contribution in [0.1, 0.15) is 74.1 Å². The minimum Gasteiger partial charge on any atom is -0.466 e. The number of benzene rings is 1. The van der Waals surface area contributed by atoms with Crippen LogP contribution in [0, 0.1) is 5.41 Å². The fraction of sp³-hybridized carbons (Fsp3) is 0.520. The molecule has 35 heavy (non-hydrogen) atoms. The summed E-state index contributed by atoms with van der Waals surface area (Å²) in [7, 11) is 0. The van der Waals surface area contributed by atoms with Gasteiger partial charge < -0.3 is 14.2 Å². The Kier molecular flexibility index (Phi) is 9.68. The number of hydrogen-bond acceptors (Lipinski definition) is 9. The molecule has 0 saturated heterocycles. The summed E-state index contributed by atoms with van der Waals surface area (Å²) >= 11 is 0. The van der Waals surface area contributed by atoms with E-state index in [1.165, 1.54) is 32.9 Å². The molecule has 0 fully saturated rings. The summed E-state index contributed by atoms with van der Waals surface area (Å²) in [5, 5.41) is 0. The molecule has 0 saturated carbocycles. The number of imide groups is 1. The van der Waals surface area contributed by atoms with Crippen LogP contribution in [0.25, 0.3) is 0 Å². The van der Waals surface area contributed by atoms with Gasteiger partial charge in [-0.15, -0.1) is 0 Å². The van der Waals surface area contributed by atoms with E-state index in [1.54, 1.807) is 19.1 Å². The number of esters is 3. The lowest BCUT2D eigenvalue weighted by Crippen LogP contribution is -2.56. The van der Waals surface area contributed by atoms with Crippen LogP contribution in [-0.2, 0) is 33.4 Å². The number of unbranched alkanes of at least 4 members (excludes halogenated alkanes) is 1. The molecule has 0 N–H and O–H groups in total. The first-order chi connectivity index (χ1) is 16.7. The van der Waals surface area contributed by atoms with E-state index in [9.17, 15) is 28.8 Å². The summed E-state index contributed by atoms with van der Waals surface area (Å²) in [6.45, 7) is 5.98. The van der Waals surface area contributed by atoms with Gasteiger partial charge in [-0.05, 0) is 52.7 Å². The summed E-state index contributed by atoms with van der Waals surface area (Å²) in [5.74, 6) is -5.08. The minimum absolute atomic E-state index is 0.0255. The Morgan fingerprint density at radius 2 is 1.31 bits per heavy atom. The highest BCUT2D eigenvalue weighted by atomic mass is 16.6. The second-order valence-electron chi connectivity index (χ2n) is 7.92. The first kappa shape index (κ1) is 27.7. The molecule has 1 heterocycles. The largest absolute Gasteiger partial charge is 0.466 e. The number of Topliss-reactive ketones (excluding diaryl/α,β-unsaturated/α-hetero) is 1. The van der Waals surface area contributed by atoms with Crippen LogP contribution in [0.4, 0.5) is 0 Å². The number of carbonyl (C=O) groups excluding carboxylic acids is 6. The van der Waals surface area contributed by atoms with Crippen LogP contribution in [-0.4, -0.2) is 66.3 Å². The SMILES string of the molecule is CCOC(=O)CCCCC(C(=O)OCC)(C(=O)OCC)C(=O)[C@H](C)N1C(=O)c2ccccc2C1=O. The van der Waals surface area contributed by atoms with Crippen molar-refractivity contribution in [2.24, 2.45) is 5.41 Å². The number of carbonyl (C=O) groups is 6. The molecule has 1 aliphatic heterocycles. The lowest BCUT2D eigenvalue weighted by Gasteiger charge is -2.32. The average molecular weight is 490 g/mol. The number of nitrogens with zero attached hydrogens (tertiary/aromatic N) is 1. The lowest BCUT2D eigenvalue weighted by molar-refractivity contribution is -0.176. The van der Waals surface area contributed by atoms with Crippen LogP contribution in [0.2, 0.25) is 0 Å². The van der Waals surface area contributed by atoms with Gasteiger partial charge >= 0.3 is 17.9 Å². The smallest absolute Gasteiger partial charge is 0.331 e. The van der Waals surface area contributed by atoms with Gasteiger partial charge in [0.25, 0.3) is 11.8 Å². The van der Waals surface area contributed by atoms with Crippen molar-refractivity contribution in [2.75, 3.05) is 19.8 Å². The van der Waals surface area contributed by atoms with Crippen molar-refractivity contribution in [1.29, 1.82) is 0 Å². The van der Waals surface area contributed by atoms with E-state index in [4.69, 9.17) is 14.2 Å². The average Bonchev–Trinajstić information content (AvgIpc) is 3.09. The minimum atomic E-state index is -2.41. The van der Waals surface area contributed by atoms with Crippen molar-refractivity contribution >= 4 is 35.5 Å². The molecule has 10 heteroatoms. The van der Waals surface area contributed by atoms with Crippen molar-refractivity contribution < 1.29 is 43.0 Å². The first-order valence-electron chi connectivity index (χ1n) is 11.7. The van der Waals surface area contributed by atoms with Gasteiger partial charge in [-0.2, -0.15) is 0 Å². The van der Waals surface area contributed by atoms with Crippen LogP contribution in [0.5, 0.6) is 0 Å². The zero-order valence-corrected chi connectivity index (χ0v) is 20.5. The quantitative estimate of drug-likeness (QED) is 0.135. The molecule has 0 aromatic heterocycles. The topological polar surface area (TPSA) is 133 Å². The van der Waals surface area contributed by atoms with Crippen LogP contribution in [0.3, 0.4) is 0 Å². The number of amides is 2. The predicted octanol–water partition coefficient (Wildman–Crippen LogP) is 2.48. The fourth-order valence-electron chi connectivity index (χ4n) is 4.05. The van der Waals surface area contributed by atoms with Crippen molar-refractivity contribution in [3.05, 3.63) is 35.4 Å². The first-order valence-corrected chi connectivity index (χ1v) is 11.7. The zero-order valence-electron chi connectivity index (χ0n) is 20.5. The number of rotatable bonds is 13. The van der Waals surface area contributed by atoms with Crippen LogP contribution in [0.15, 0.2) is 24.3 Å². The molecule has 1 aromatic carbocycles. The molecular weight excluding hydrogens is 458 g/mol. The van der Waals surface area contributed by atoms with E-state index in [2.05, 4.69) is 0 Å². The Bertz CT molecular complexity index is 947. The van der Waals surface area contributed by atoms with Crippen molar-refractivity contribution in [3.63, 3.8) is 0 Å². The molecule has 1 atom stereocenters. The molecule has 0 bridgehead atoms. The molecule has 1 aliphatic rings. The maximum Gasteiger partial charge on any atom is 0.331 e. The van der Waals surface area contributed by atoms with Gasteiger partial charge in [0.05, 0.1) is 37.0 Å². The molecule has 0 radical (unpaired) electrons. The van der Waals surface area contributed by atoms with E-state index in [0.29, 0.717) is 0 Å². The Hall–Kier alpha value is -3.56. The zero-order chi connectivity index (χ0) is 26.2. The Balaban J connectivity index is 2.41. The van der Waals surface area contributed by atoms with Gasteiger partial charge in [0.1, 0.15) is 0 Å². The fourth-order valence-corrected chi connectivity index (χ4v) is 4.05. The van der Waals surface area contributed by atoms with E-state index in [-0.39, 0.29) is 56.6 Å². The maximum atomic E-state index is 13.8. The molecule has 1 aromatic rings.